The molecule has 132 valence electrons. The van der Waals surface area contributed by atoms with E-state index in [1.54, 1.807) is 46.8 Å². The molecule has 0 unspecified atom stereocenters. The van der Waals surface area contributed by atoms with Gasteiger partial charge in [0.05, 0.1) is 22.0 Å². The topological polar surface area (TPSA) is 46.9 Å². The highest BCUT2D eigenvalue weighted by Crippen LogP contribution is 2.36. The molecule has 26 heavy (non-hydrogen) atoms. The number of anilines is 1. The molecular weight excluding hydrogens is 413 g/mol. The number of rotatable bonds is 3. The number of carbonyl (C=O) groups excluding carboxylic acids is 1. The van der Waals surface area contributed by atoms with Crippen molar-refractivity contribution in [2.24, 2.45) is 0 Å². The number of benzene rings is 2. The molecular formula is C18H12Cl3N3OS. The molecule has 2 aromatic carbocycles. The SMILES string of the molecule is O=C(Nc1c2c(nn1-c1ccc(Cl)cc1)CSC2)c1cc(Cl)ccc1Cl. The summed E-state index contributed by atoms with van der Waals surface area (Å²) in [4.78, 5) is 12.8. The van der Waals surface area contributed by atoms with Crippen LogP contribution in [0.25, 0.3) is 5.69 Å². The number of hydrogen-bond acceptors (Lipinski definition) is 3. The Balaban J connectivity index is 1.75. The Bertz CT molecular complexity index is 1000. The Kier molecular flexibility index (Phi) is 4.88. The van der Waals surface area contributed by atoms with Crippen LogP contribution >= 0.6 is 46.6 Å². The number of amides is 1. The molecule has 1 amide bonds. The van der Waals surface area contributed by atoms with Crippen molar-refractivity contribution in [1.29, 1.82) is 0 Å². The lowest BCUT2D eigenvalue weighted by Gasteiger charge is -2.12. The molecule has 3 aromatic rings. The van der Waals surface area contributed by atoms with E-state index in [1.165, 1.54) is 0 Å². The second-order valence-corrected chi connectivity index (χ2v) is 8.00. The van der Waals surface area contributed by atoms with Crippen molar-refractivity contribution in [2.45, 2.75) is 11.5 Å². The van der Waals surface area contributed by atoms with E-state index >= 15 is 0 Å². The van der Waals surface area contributed by atoms with E-state index in [4.69, 9.17) is 34.8 Å². The Labute approximate surface area is 169 Å². The minimum Gasteiger partial charge on any atom is -0.306 e. The number of halogens is 3. The van der Waals surface area contributed by atoms with Crippen molar-refractivity contribution >= 4 is 58.3 Å². The average Bonchev–Trinajstić information content (AvgIpc) is 3.20. The number of aromatic nitrogens is 2. The predicted molar refractivity (Wildman–Crippen MR) is 108 cm³/mol. The smallest absolute Gasteiger partial charge is 0.258 e. The first-order valence-electron chi connectivity index (χ1n) is 7.74. The zero-order valence-electron chi connectivity index (χ0n) is 13.3. The molecule has 1 aromatic heterocycles. The summed E-state index contributed by atoms with van der Waals surface area (Å²) < 4.78 is 1.73. The Morgan fingerprint density at radius 1 is 1.04 bits per heavy atom. The van der Waals surface area contributed by atoms with Gasteiger partial charge in [-0.1, -0.05) is 34.8 Å². The fourth-order valence-corrected chi connectivity index (χ4v) is 4.29. The van der Waals surface area contributed by atoms with Gasteiger partial charge in [-0.2, -0.15) is 16.9 Å². The predicted octanol–water partition coefficient (Wildman–Crippen LogP) is 5.83. The maximum absolute atomic E-state index is 12.8. The summed E-state index contributed by atoms with van der Waals surface area (Å²) in [6, 6.07) is 12.1. The minimum atomic E-state index is -0.327. The van der Waals surface area contributed by atoms with Crippen LogP contribution in [0.2, 0.25) is 15.1 Å². The molecule has 4 nitrogen and oxygen atoms in total. The van der Waals surface area contributed by atoms with Crippen molar-refractivity contribution in [2.75, 3.05) is 5.32 Å². The van der Waals surface area contributed by atoms with E-state index in [9.17, 15) is 4.79 Å². The van der Waals surface area contributed by atoms with Gasteiger partial charge in [-0.15, -0.1) is 0 Å². The molecule has 0 saturated heterocycles. The van der Waals surface area contributed by atoms with Gasteiger partial charge < -0.3 is 5.32 Å². The first-order chi connectivity index (χ1) is 12.5. The molecule has 8 heteroatoms. The molecule has 0 aliphatic carbocycles. The van der Waals surface area contributed by atoms with Crippen LogP contribution in [0.15, 0.2) is 42.5 Å². The van der Waals surface area contributed by atoms with Crippen LogP contribution < -0.4 is 5.32 Å². The standard InChI is InChI=1S/C18H12Cl3N3OS/c19-10-1-4-12(5-2-10)24-17(14-8-26-9-16(14)23-24)22-18(25)13-7-11(20)3-6-15(13)21/h1-7H,8-9H2,(H,22,25). The van der Waals surface area contributed by atoms with E-state index in [2.05, 4.69) is 10.4 Å². The highest BCUT2D eigenvalue weighted by molar-refractivity contribution is 7.98. The van der Waals surface area contributed by atoms with Crippen molar-refractivity contribution in [1.82, 2.24) is 9.78 Å². The summed E-state index contributed by atoms with van der Waals surface area (Å²) >= 11 is 19.9. The first-order valence-corrected chi connectivity index (χ1v) is 10.0. The van der Waals surface area contributed by atoms with Gasteiger partial charge in [0.25, 0.3) is 5.91 Å². The lowest BCUT2D eigenvalue weighted by atomic mass is 10.2. The quantitative estimate of drug-likeness (QED) is 0.575. The highest BCUT2D eigenvalue weighted by Gasteiger charge is 2.25. The number of hydrogen-bond donors (Lipinski definition) is 1. The summed E-state index contributed by atoms with van der Waals surface area (Å²) in [5.41, 5.74) is 3.14. The second-order valence-electron chi connectivity index (χ2n) is 5.73. The average molecular weight is 425 g/mol. The van der Waals surface area contributed by atoms with Crippen LogP contribution in [0, 0.1) is 0 Å². The van der Waals surface area contributed by atoms with Crippen molar-refractivity contribution in [3.05, 3.63) is 74.4 Å². The van der Waals surface area contributed by atoms with Crippen LogP contribution in [0.1, 0.15) is 21.6 Å². The number of fused-ring (bicyclic) bond motifs is 1. The van der Waals surface area contributed by atoms with E-state index in [1.807, 2.05) is 12.1 Å². The third-order valence-corrected chi connectivity index (χ3v) is 5.82. The fraction of sp³-hybridized carbons (Fsp3) is 0.111. The normalized spacial score (nSPS) is 12.9. The molecule has 4 rings (SSSR count). The van der Waals surface area contributed by atoms with Crippen molar-refractivity contribution in [3.63, 3.8) is 0 Å². The zero-order valence-corrected chi connectivity index (χ0v) is 16.4. The summed E-state index contributed by atoms with van der Waals surface area (Å²) in [7, 11) is 0. The third kappa shape index (κ3) is 3.32. The monoisotopic (exact) mass is 423 g/mol. The van der Waals surface area contributed by atoms with Crippen LogP contribution in [-0.4, -0.2) is 15.7 Å². The van der Waals surface area contributed by atoms with E-state index < -0.39 is 0 Å². The van der Waals surface area contributed by atoms with Gasteiger partial charge in [0.15, 0.2) is 0 Å². The van der Waals surface area contributed by atoms with E-state index in [0.29, 0.717) is 26.4 Å². The summed E-state index contributed by atoms with van der Waals surface area (Å²) in [6.07, 6.45) is 0. The Hall–Kier alpha value is -1.66. The van der Waals surface area contributed by atoms with Crippen molar-refractivity contribution < 1.29 is 4.79 Å². The van der Waals surface area contributed by atoms with Gasteiger partial charge >= 0.3 is 0 Å². The zero-order chi connectivity index (χ0) is 18.3. The van der Waals surface area contributed by atoms with Crippen LogP contribution in [0.3, 0.4) is 0 Å². The molecule has 0 atom stereocenters. The highest BCUT2D eigenvalue weighted by atomic mass is 35.5. The minimum absolute atomic E-state index is 0.322. The van der Waals surface area contributed by atoms with Gasteiger partial charge in [0.2, 0.25) is 0 Å². The molecule has 0 fully saturated rings. The lowest BCUT2D eigenvalue weighted by Crippen LogP contribution is -2.16. The van der Waals surface area contributed by atoms with Crippen molar-refractivity contribution in [3.8, 4) is 5.69 Å². The largest absolute Gasteiger partial charge is 0.306 e. The molecule has 0 spiro atoms. The number of nitrogens with one attached hydrogen (secondary N) is 1. The van der Waals surface area contributed by atoms with Crippen LogP contribution in [-0.2, 0) is 11.5 Å². The first kappa shape index (κ1) is 17.7. The maximum atomic E-state index is 12.8. The molecule has 1 N–H and O–H groups in total. The van der Waals surface area contributed by atoms with Gasteiger partial charge in [-0.05, 0) is 42.5 Å². The van der Waals surface area contributed by atoms with E-state index in [-0.39, 0.29) is 5.91 Å². The molecule has 1 aliphatic rings. The second kappa shape index (κ2) is 7.16. The van der Waals surface area contributed by atoms with Gasteiger partial charge in [0, 0.05) is 27.1 Å². The van der Waals surface area contributed by atoms with Gasteiger partial charge in [0.1, 0.15) is 5.82 Å². The summed E-state index contributed by atoms with van der Waals surface area (Å²) in [5, 5.41) is 9.05. The molecule has 0 bridgehead atoms. The molecule has 0 saturated carbocycles. The Morgan fingerprint density at radius 2 is 1.77 bits per heavy atom. The molecule has 1 aliphatic heterocycles. The molecule has 2 heterocycles. The fourth-order valence-electron chi connectivity index (χ4n) is 2.76. The van der Waals surface area contributed by atoms with E-state index in [0.717, 1.165) is 28.5 Å². The third-order valence-electron chi connectivity index (χ3n) is 4.03. The molecule has 0 radical (unpaired) electrons. The Morgan fingerprint density at radius 3 is 2.54 bits per heavy atom. The van der Waals surface area contributed by atoms with Gasteiger partial charge in [-0.3, -0.25) is 4.79 Å². The van der Waals surface area contributed by atoms with Gasteiger partial charge in [-0.25, -0.2) is 4.68 Å². The lowest BCUT2D eigenvalue weighted by molar-refractivity contribution is 0.102. The number of nitrogens with zero attached hydrogens (tertiary/aromatic N) is 2. The maximum Gasteiger partial charge on any atom is 0.258 e. The van der Waals surface area contributed by atoms with Crippen LogP contribution in [0.5, 0.6) is 0 Å². The number of thioether (sulfide) groups is 1. The summed E-state index contributed by atoms with van der Waals surface area (Å²) in [5.74, 6) is 1.93. The summed E-state index contributed by atoms with van der Waals surface area (Å²) in [6.45, 7) is 0. The number of carbonyl (C=O) groups is 1. The van der Waals surface area contributed by atoms with Crippen LogP contribution in [0.4, 0.5) is 5.82 Å².